The summed E-state index contributed by atoms with van der Waals surface area (Å²) in [6.07, 6.45) is 6.54. The Morgan fingerprint density at radius 3 is 2.83 bits per heavy atom. The maximum absolute atomic E-state index is 11.9. The zero-order valence-electron chi connectivity index (χ0n) is 13.5. The molecular weight excluding hydrogens is 296 g/mol. The van der Waals surface area contributed by atoms with Crippen LogP contribution in [-0.4, -0.2) is 61.9 Å². The summed E-state index contributed by atoms with van der Waals surface area (Å²) in [5.74, 6) is 0.713. The number of carbonyl (C=O) groups excluding carboxylic acids is 1. The van der Waals surface area contributed by atoms with E-state index in [0.29, 0.717) is 6.61 Å². The van der Waals surface area contributed by atoms with Crippen LogP contribution in [0.1, 0.15) is 19.3 Å². The Labute approximate surface area is 136 Å². The smallest absolute Gasteiger partial charge is 0.246 e. The van der Waals surface area contributed by atoms with E-state index in [1.807, 2.05) is 6.07 Å². The van der Waals surface area contributed by atoms with Crippen molar-refractivity contribution in [3.8, 4) is 0 Å². The fourth-order valence-corrected chi connectivity index (χ4v) is 3.59. The lowest BCUT2D eigenvalue weighted by Crippen LogP contribution is -2.58. The first-order valence-electron chi connectivity index (χ1n) is 8.11. The monoisotopic (exact) mass is 320 g/mol. The van der Waals surface area contributed by atoms with Gasteiger partial charge in [0.15, 0.2) is 0 Å². The first kappa shape index (κ1) is 16.1. The molecule has 0 bridgehead atoms. The first-order chi connectivity index (χ1) is 11.2. The van der Waals surface area contributed by atoms with Gasteiger partial charge >= 0.3 is 0 Å². The minimum atomic E-state index is -0.0730. The summed E-state index contributed by atoms with van der Waals surface area (Å²) < 4.78 is 10.5. The zero-order valence-corrected chi connectivity index (χ0v) is 13.5. The molecule has 0 aliphatic carbocycles. The Hall–Kier alpha value is -1.73. The maximum Gasteiger partial charge on any atom is 0.246 e. The van der Waals surface area contributed by atoms with Crippen molar-refractivity contribution >= 4 is 11.9 Å². The highest BCUT2D eigenvalue weighted by Gasteiger charge is 2.44. The van der Waals surface area contributed by atoms with Crippen LogP contribution >= 0.6 is 0 Å². The van der Waals surface area contributed by atoms with Gasteiger partial charge in [-0.2, -0.15) is 0 Å². The van der Waals surface area contributed by atoms with Gasteiger partial charge < -0.3 is 19.7 Å². The van der Waals surface area contributed by atoms with Crippen LogP contribution in [0, 0.1) is 5.41 Å². The molecule has 7 nitrogen and oxygen atoms in total. The molecule has 2 aliphatic rings. The van der Waals surface area contributed by atoms with Crippen molar-refractivity contribution in [2.45, 2.75) is 25.3 Å². The summed E-state index contributed by atoms with van der Waals surface area (Å²) in [5.41, 5.74) is 0.104. The zero-order chi connectivity index (χ0) is 16.1. The fourth-order valence-electron chi connectivity index (χ4n) is 3.59. The number of hydrogen-bond acceptors (Lipinski definition) is 6. The third-order valence-electron chi connectivity index (χ3n) is 4.97. The van der Waals surface area contributed by atoms with Gasteiger partial charge in [0.25, 0.3) is 0 Å². The number of methoxy groups -OCH3 is 1. The highest BCUT2D eigenvalue weighted by Crippen LogP contribution is 2.41. The molecule has 1 N–H and O–H groups in total. The van der Waals surface area contributed by atoms with Crippen LogP contribution in [0.15, 0.2) is 18.5 Å². The van der Waals surface area contributed by atoms with Crippen LogP contribution in [0.5, 0.6) is 0 Å². The number of nitrogens with one attached hydrogen (secondary N) is 1. The van der Waals surface area contributed by atoms with Gasteiger partial charge in [-0.05, 0) is 30.7 Å². The van der Waals surface area contributed by atoms with Crippen LogP contribution in [0.4, 0.5) is 5.95 Å². The normalized spacial score (nSPS) is 23.7. The second kappa shape index (κ2) is 7.23. The molecule has 0 aromatic carbocycles. The summed E-state index contributed by atoms with van der Waals surface area (Å²) in [6.45, 7) is 3.24. The SMILES string of the molecule is COCC(=O)N[C@H]1COCCC12CCN(c1ncccn1)CC2. The molecule has 0 saturated carbocycles. The molecule has 1 aromatic heterocycles. The van der Waals surface area contributed by atoms with Crippen molar-refractivity contribution < 1.29 is 14.3 Å². The summed E-state index contributed by atoms with van der Waals surface area (Å²) in [4.78, 5) is 22.8. The van der Waals surface area contributed by atoms with E-state index < -0.39 is 0 Å². The Kier molecular flexibility index (Phi) is 5.07. The van der Waals surface area contributed by atoms with Gasteiger partial charge in [-0.25, -0.2) is 9.97 Å². The number of nitrogens with zero attached hydrogens (tertiary/aromatic N) is 3. The molecule has 0 unspecified atom stereocenters. The summed E-state index contributed by atoms with van der Waals surface area (Å²) >= 11 is 0. The summed E-state index contributed by atoms with van der Waals surface area (Å²) in [6, 6.07) is 1.88. The van der Waals surface area contributed by atoms with Crippen LogP contribution in [-0.2, 0) is 14.3 Å². The van der Waals surface area contributed by atoms with Crippen LogP contribution in [0.3, 0.4) is 0 Å². The quantitative estimate of drug-likeness (QED) is 0.876. The van der Waals surface area contributed by atoms with E-state index in [1.165, 1.54) is 7.11 Å². The third kappa shape index (κ3) is 3.61. The number of amides is 1. The Bertz CT molecular complexity index is 517. The van der Waals surface area contributed by atoms with Crippen molar-refractivity contribution in [2.75, 3.05) is 44.9 Å². The minimum absolute atomic E-state index is 0.0535. The van der Waals surface area contributed by atoms with E-state index in [9.17, 15) is 4.79 Å². The number of aromatic nitrogens is 2. The molecule has 1 aromatic rings. The van der Waals surface area contributed by atoms with Gasteiger partial charge in [0.2, 0.25) is 11.9 Å². The Balaban J connectivity index is 1.65. The highest BCUT2D eigenvalue weighted by molar-refractivity contribution is 5.77. The van der Waals surface area contributed by atoms with Gasteiger partial charge in [-0.15, -0.1) is 0 Å². The number of hydrogen-bond donors (Lipinski definition) is 1. The van der Waals surface area contributed by atoms with Crippen molar-refractivity contribution in [2.24, 2.45) is 5.41 Å². The lowest BCUT2D eigenvalue weighted by atomic mass is 9.69. The number of carbonyl (C=O) groups is 1. The molecule has 7 heteroatoms. The number of anilines is 1. The van der Waals surface area contributed by atoms with Crippen molar-refractivity contribution in [3.63, 3.8) is 0 Å². The van der Waals surface area contributed by atoms with E-state index in [4.69, 9.17) is 9.47 Å². The van der Waals surface area contributed by atoms with Crippen molar-refractivity contribution in [1.29, 1.82) is 0 Å². The van der Waals surface area contributed by atoms with Gasteiger partial charge in [0, 0.05) is 39.2 Å². The Morgan fingerprint density at radius 2 is 2.13 bits per heavy atom. The molecule has 1 spiro atoms. The molecule has 126 valence electrons. The molecule has 1 atom stereocenters. The molecule has 2 saturated heterocycles. The third-order valence-corrected chi connectivity index (χ3v) is 4.97. The standard InChI is InChI=1S/C16H24N4O3/c1-22-12-14(21)19-13-11-23-10-5-16(13)3-8-20(9-4-16)15-17-6-2-7-18-15/h2,6-7,13H,3-5,8-12H2,1H3,(H,19,21)/t13-/m0/s1. The van der Waals surface area contributed by atoms with E-state index in [-0.39, 0.29) is 24.0 Å². The number of ether oxygens (including phenoxy) is 2. The minimum Gasteiger partial charge on any atom is -0.379 e. The summed E-state index contributed by atoms with van der Waals surface area (Å²) in [7, 11) is 1.53. The second-order valence-electron chi connectivity index (χ2n) is 6.28. The molecule has 3 heterocycles. The predicted octanol–water partition coefficient (Wildman–Crippen LogP) is 0.615. The van der Waals surface area contributed by atoms with Crippen LogP contribution in [0.25, 0.3) is 0 Å². The molecule has 2 fully saturated rings. The Morgan fingerprint density at radius 1 is 1.39 bits per heavy atom. The van der Waals surface area contributed by atoms with Gasteiger partial charge in [-0.3, -0.25) is 4.79 Å². The van der Waals surface area contributed by atoms with E-state index in [1.54, 1.807) is 12.4 Å². The number of rotatable bonds is 4. The number of piperidine rings is 1. The van der Waals surface area contributed by atoms with Crippen molar-refractivity contribution in [1.82, 2.24) is 15.3 Å². The highest BCUT2D eigenvalue weighted by atomic mass is 16.5. The molecule has 23 heavy (non-hydrogen) atoms. The predicted molar refractivity (Wildman–Crippen MR) is 85.2 cm³/mol. The largest absolute Gasteiger partial charge is 0.379 e. The summed E-state index contributed by atoms with van der Waals surface area (Å²) in [5, 5.41) is 3.10. The molecule has 1 amide bonds. The maximum atomic E-state index is 11.9. The average Bonchev–Trinajstić information content (AvgIpc) is 2.59. The molecule has 3 rings (SSSR count). The lowest BCUT2D eigenvalue weighted by Gasteiger charge is -2.49. The van der Waals surface area contributed by atoms with Crippen molar-refractivity contribution in [3.05, 3.63) is 18.5 Å². The van der Waals surface area contributed by atoms with Gasteiger partial charge in [0.1, 0.15) is 6.61 Å². The van der Waals surface area contributed by atoms with Gasteiger partial charge in [0.05, 0.1) is 12.6 Å². The fraction of sp³-hybridized carbons (Fsp3) is 0.688. The lowest BCUT2D eigenvalue weighted by molar-refractivity contribution is -0.129. The van der Waals surface area contributed by atoms with Crippen LogP contribution < -0.4 is 10.2 Å². The van der Waals surface area contributed by atoms with Gasteiger partial charge in [-0.1, -0.05) is 0 Å². The van der Waals surface area contributed by atoms with Crippen LogP contribution in [0.2, 0.25) is 0 Å². The second-order valence-corrected chi connectivity index (χ2v) is 6.28. The van der Waals surface area contributed by atoms with E-state index >= 15 is 0 Å². The molecule has 2 aliphatic heterocycles. The van der Waals surface area contributed by atoms with E-state index in [2.05, 4.69) is 20.2 Å². The molecular formula is C16H24N4O3. The average molecular weight is 320 g/mol. The molecule has 0 radical (unpaired) electrons. The topological polar surface area (TPSA) is 76.6 Å². The van der Waals surface area contributed by atoms with E-state index in [0.717, 1.165) is 44.9 Å². The first-order valence-corrected chi connectivity index (χ1v) is 8.11.